The third-order valence-corrected chi connectivity index (χ3v) is 2.50. The fourth-order valence-electron chi connectivity index (χ4n) is 1.74. The van der Waals surface area contributed by atoms with Crippen LogP contribution in [0.3, 0.4) is 0 Å². The Balaban J connectivity index is 4.41. The minimum atomic E-state index is -0.242. The number of nitrogens with zero attached hydrogens (tertiary/aromatic N) is 1. The highest BCUT2D eigenvalue weighted by molar-refractivity contribution is 14.1. The van der Waals surface area contributed by atoms with Gasteiger partial charge in [-0.15, -0.1) is 0 Å². The van der Waals surface area contributed by atoms with Crippen LogP contribution in [0.25, 0.3) is 0 Å². The second-order valence-corrected chi connectivity index (χ2v) is 4.76. The summed E-state index contributed by atoms with van der Waals surface area (Å²) in [5, 5.41) is 0. The van der Waals surface area contributed by atoms with Crippen molar-refractivity contribution in [1.82, 2.24) is 4.90 Å². The molecule has 0 aliphatic heterocycles. The van der Waals surface area contributed by atoms with E-state index in [2.05, 4.69) is 20.8 Å². The first kappa shape index (κ1) is 14.0. The van der Waals surface area contributed by atoms with Crippen molar-refractivity contribution in [2.45, 2.75) is 53.1 Å². The van der Waals surface area contributed by atoms with Crippen LogP contribution in [0.15, 0.2) is 0 Å². The van der Waals surface area contributed by atoms with E-state index in [0.29, 0.717) is 5.92 Å². The topological polar surface area (TPSA) is 29.5 Å². The molecule has 0 saturated heterocycles. The Bertz CT molecular complexity index is 183. The van der Waals surface area contributed by atoms with Crippen LogP contribution in [-0.4, -0.2) is 23.1 Å². The van der Waals surface area contributed by atoms with Crippen LogP contribution in [0.4, 0.5) is 4.79 Å². The van der Waals surface area contributed by atoms with E-state index < -0.39 is 0 Å². The van der Waals surface area contributed by atoms with Crippen molar-refractivity contribution < 1.29 is 7.86 Å². The second-order valence-electron chi connectivity index (χ2n) is 4.32. The molecule has 0 aliphatic rings. The maximum Gasteiger partial charge on any atom is 0.419 e. The van der Waals surface area contributed by atoms with Crippen molar-refractivity contribution in [2.75, 3.05) is 0 Å². The molecule has 1 amide bonds. The summed E-state index contributed by atoms with van der Waals surface area (Å²) in [6, 6.07) is 0.420. The summed E-state index contributed by atoms with van der Waals surface area (Å²) in [5.74, 6) is 0.591. The van der Waals surface area contributed by atoms with Gasteiger partial charge in [-0.2, -0.15) is 0 Å². The summed E-state index contributed by atoms with van der Waals surface area (Å²) in [5.41, 5.74) is 0. The van der Waals surface area contributed by atoms with E-state index in [4.69, 9.17) is 3.07 Å². The normalized spacial score (nSPS) is 13.1. The van der Waals surface area contributed by atoms with Crippen LogP contribution in [0.2, 0.25) is 0 Å². The molecule has 0 aromatic rings. The quantitative estimate of drug-likeness (QED) is 0.742. The Labute approximate surface area is 101 Å². The first-order valence-corrected chi connectivity index (χ1v) is 5.89. The van der Waals surface area contributed by atoms with Crippen molar-refractivity contribution in [3.05, 3.63) is 0 Å². The third-order valence-electron chi connectivity index (χ3n) is 2.12. The molecule has 1 atom stereocenters. The Morgan fingerprint density at radius 2 is 1.79 bits per heavy atom. The number of rotatable bonds is 4. The molecule has 0 saturated carbocycles. The molecule has 0 aliphatic carbocycles. The van der Waals surface area contributed by atoms with Crippen molar-refractivity contribution in [1.29, 1.82) is 0 Å². The monoisotopic (exact) mass is 313 g/mol. The first-order valence-electron chi connectivity index (χ1n) is 5.01. The molecule has 0 rings (SSSR count). The average Bonchev–Trinajstić information content (AvgIpc) is 2.01. The maximum absolute atomic E-state index is 11.5. The second kappa shape index (κ2) is 6.48. The zero-order valence-corrected chi connectivity index (χ0v) is 11.7. The van der Waals surface area contributed by atoms with Gasteiger partial charge < -0.3 is 7.97 Å². The smallest absolute Gasteiger partial charge is 0.378 e. The highest BCUT2D eigenvalue weighted by Crippen LogP contribution is 2.16. The van der Waals surface area contributed by atoms with Crippen LogP contribution < -0.4 is 0 Å². The van der Waals surface area contributed by atoms with Crippen LogP contribution >= 0.6 is 23.0 Å². The third kappa shape index (κ3) is 4.48. The molecule has 0 fully saturated rings. The molecule has 1 unspecified atom stereocenters. The number of hydrogen-bond donors (Lipinski definition) is 0. The minimum absolute atomic E-state index is 0.186. The predicted molar refractivity (Wildman–Crippen MR) is 66.4 cm³/mol. The van der Waals surface area contributed by atoms with Gasteiger partial charge in [0, 0.05) is 12.1 Å². The standard InChI is InChI=1S/C10H20INO2/c1-7(2)6-9(5)12(8(3)4)10(13)14-11/h7-9H,6H2,1-5H3. The minimum Gasteiger partial charge on any atom is -0.378 e. The van der Waals surface area contributed by atoms with Gasteiger partial charge in [-0.05, 0) is 33.1 Å². The van der Waals surface area contributed by atoms with E-state index >= 15 is 0 Å². The Morgan fingerprint density at radius 3 is 2.07 bits per heavy atom. The summed E-state index contributed by atoms with van der Waals surface area (Å²) in [4.78, 5) is 13.3. The van der Waals surface area contributed by atoms with Crippen LogP contribution in [0.5, 0.6) is 0 Å². The SMILES string of the molecule is CC(C)CC(C)N(C(=O)OI)C(C)C. The summed E-state index contributed by atoms with van der Waals surface area (Å²) < 4.78 is 4.73. The van der Waals surface area contributed by atoms with E-state index in [0.717, 1.165) is 6.42 Å². The fourth-order valence-corrected chi connectivity index (χ4v) is 1.96. The van der Waals surface area contributed by atoms with Gasteiger partial charge in [-0.3, -0.25) is 0 Å². The highest BCUT2D eigenvalue weighted by atomic mass is 127. The summed E-state index contributed by atoms with van der Waals surface area (Å²) in [7, 11) is 0. The summed E-state index contributed by atoms with van der Waals surface area (Å²) >= 11 is 1.64. The molecular formula is C10H20INO2. The van der Waals surface area contributed by atoms with Crippen molar-refractivity contribution in [3.8, 4) is 0 Å². The molecule has 3 nitrogen and oxygen atoms in total. The van der Waals surface area contributed by atoms with Gasteiger partial charge in [0.2, 0.25) is 0 Å². The van der Waals surface area contributed by atoms with E-state index in [9.17, 15) is 4.79 Å². The van der Waals surface area contributed by atoms with Crippen LogP contribution in [0.1, 0.15) is 41.0 Å². The van der Waals surface area contributed by atoms with E-state index in [-0.39, 0.29) is 18.2 Å². The first-order chi connectivity index (χ1) is 6.40. The van der Waals surface area contributed by atoms with Crippen molar-refractivity contribution >= 4 is 29.1 Å². The number of halogens is 1. The molecule has 0 aromatic heterocycles. The van der Waals surface area contributed by atoms with E-state index in [1.807, 2.05) is 13.8 Å². The lowest BCUT2D eigenvalue weighted by Crippen LogP contribution is -2.43. The van der Waals surface area contributed by atoms with E-state index in [1.54, 1.807) is 27.9 Å². The highest BCUT2D eigenvalue weighted by Gasteiger charge is 2.24. The summed E-state index contributed by atoms with van der Waals surface area (Å²) in [6.07, 6.45) is 0.762. The molecule has 14 heavy (non-hydrogen) atoms. The Kier molecular flexibility index (Phi) is 6.48. The number of carbonyl (C=O) groups excluding carboxylic acids is 1. The van der Waals surface area contributed by atoms with Gasteiger partial charge in [0.25, 0.3) is 0 Å². The van der Waals surface area contributed by atoms with E-state index in [1.165, 1.54) is 0 Å². The van der Waals surface area contributed by atoms with Crippen molar-refractivity contribution in [2.24, 2.45) is 5.92 Å². The van der Waals surface area contributed by atoms with Crippen LogP contribution in [-0.2, 0) is 3.07 Å². The molecule has 0 heterocycles. The molecule has 84 valence electrons. The molecule has 0 radical (unpaired) electrons. The van der Waals surface area contributed by atoms with Gasteiger partial charge in [0.15, 0.2) is 23.0 Å². The van der Waals surface area contributed by atoms with Gasteiger partial charge in [-0.25, -0.2) is 4.79 Å². The Hall–Kier alpha value is 0. The summed E-state index contributed by atoms with van der Waals surface area (Å²) in [6.45, 7) is 10.4. The number of carbonyl (C=O) groups is 1. The van der Waals surface area contributed by atoms with Crippen LogP contribution in [0, 0.1) is 5.92 Å². The van der Waals surface area contributed by atoms with Gasteiger partial charge >= 0.3 is 6.09 Å². The Morgan fingerprint density at radius 1 is 1.29 bits per heavy atom. The number of amides is 1. The molecule has 4 heteroatoms. The predicted octanol–water partition coefficient (Wildman–Crippen LogP) is 3.62. The lowest BCUT2D eigenvalue weighted by atomic mass is 10.0. The maximum atomic E-state index is 11.5. The van der Waals surface area contributed by atoms with Gasteiger partial charge in [0.1, 0.15) is 0 Å². The average molecular weight is 313 g/mol. The lowest BCUT2D eigenvalue weighted by molar-refractivity contribution is 0.123. The lowest BCUT2D eigenvalue weighted by Gasteiger charge is -2.31. The fraction of sp³-hybridized carbons (Fsp3) is 0.900. The molecule has 0 aromatic carbocycles. The largest absolute Gasteiger partial charge is 0.419 e. The molecule has 0 spiro atoms. The number of hydrogen-bond acceptors (Lipinski definition) is 2. The molecule has 0 N–H and O–H groups in total. The van der Waals surface area contributed by atoms with Gasteiger partial charge in [-0.1, -0.05) is 13.8 Å². The van der Waals surface area contributed by atoms with Gasteiger partial charge in [0.05, 0.1) is 0 Å². The zero-order valence-electron chi connectivity index (χ0n) is 9.58. The van der Waals surface area contributed by atoms with Crippen molar-refractivity contribution in [3.63, 3.8) is 0 Å². The zero-order chi connectivity index (χ0) is 11.3. The molecular weight excluding hydrogens is 293 g/mol. The molecule has 0 bridgehead atoms.